The average Bonchev–Trinajstić information content (AvgIpc) is 2.69. The van der Waals surface area contributed by atoms with Crippen LogP contribution in [-0.2, 0) is 11.2 Å². The monoisotopic (exact) mass is 386 g/mol. The molecule has 0 bridgehead atoms. The molecule has 0 atom stereocenters. The molecule has 0 unspecified atom stereocenters. The van der Waals surface area contributed by atoms with Crippen molar-refractivity contribution in [3.05, 3.63) is 58.4 Å². The first-order valence-electron chi connectivity index (χ1n) is 8.50. The van der Waals surface area contributed by atoms with Crippen molar-refractivity contribution in [1.29, 1.82) is 0 Å². The number of amides is 2. The van der Waals surface area contributed by atoms with E-state index in [9.17, 15) is 9.59 Å². The number of nitrogens with one attached hydrogen (secondary N) is 2. The van der Waals surface area contributed by atoms with Crippen molar-refractivity contribution in [3.63, 3.8) is 0 Å². The fourth-order valence-electron chi connectivity index (χ4n) is 2.77. The van der Waals surface area contributed by atoms with Crippen molar-refractivity contribution in [2.45, 2.75) is 19.3 Å². The fourth-order valence-corrected chi connectivity index (χ4v) is 3.10. The Hall–Kier alpha value is -2.93. The summed E-state index contributed by atoms with van der Waals surface area (Å²) in [5.74, 6) is -0.0590. The highest BCUT2D eigenvalue weighted by Crippen LogP contribution is 2.33. The van der Waals surface area contributed by atoms with Gasteiger partial charge in [0.25, 0.3) is 5.91 Å². The Morgan fingerprint density at radius 2 is 2.15 bits per heavy atom. The van der Waals surface area contributed by atoms with Crippen LogP contribution in [0.3, 0.4) is 0 Å². The number of hydrazone groups is 1. The maximum atomic E-state index is 12.5. The minimum absolute atomic E-state index is 0.132. The Kier molecular flexibility index (Phi) is 6.03. The molecule has 7 nitrogen and oxygen atoms in total. The van der Waals surface area contributed by atoms with Gasteiger partial charge in [0.2, 0.25) is 5.91 Å². The molecule has 1 aliphatic heterocycles. The van der Waals surface area contributed by atoms with Crippen LogP contribution in [0.15, 0.2) is 41.6 Å². The van der Waals surface area contributed by atoms with Gasteiger partial charge in [-0.3, -0.25) is 14.6 Å². The molecule has 2 aromatic rings. The van der Waals surface area contributed by atoms with Gasteiger partial charge >= 0.3 is 0 Å². The third-order valence-electron chi connectivity index (χ3n) is 4.15. The van der Waals surface area contributed by atoms with Crippen molar-refractivity contribution in [2.24, 2.45) is 5.10 Å². The van der Waals surface area contributed by atoms with Crippen LogP contribution in [0.1, 0.15) is 34.5 Å². The standard InChI is InChI=1S/C19H19ClN4O3/c1-27-18-13(15-7-8-16(25)24-23-15)5-6-14(17(18)20)19(26)22-11-9-12-4-2-3-10-21-12/h2-6,10H,7-9,11H2,1H3,(H,22,26)(H,24,25). The van der Waals surface area contributed by atoms with E-state index in [4.69, 9.17) is 16.3 Å². The number of carbonyl (C=O) groups is 2. The van der Waals surface area contributed by atoms with Crippen molar-refractivity contribution >= 4 is 29.1 Å². The topological polar surface area (TPSA) is 92.7 Å². The zero-order valence-corrected chi connectivity index (χ0v) is 15.5. The van der Waals surface area contributed by atoms with E-state index < -0.39 is 0 Å². The molecule has 0 radical (unpaired) electrons. The Bertz CT molecular complexity index is 884. The highest BCUT2D eigenvalue weighted by atomic mass is 35.5. The van der Waals surface area contributed by atoms with E-state index in [1.54, 1.807) is 18.3 Å². The molecule has 0 spiro atoms. The highest BCUT2D eigenvalue weighted by Gasteiger charge is 2.22. The first-order valence-corrected chi connectivity index (χ1v) is 8.88. The van der Waals surface area contributed by atoms with Gasteiger partial charge in [-0.2, -0.15) is 5.10 Å². The van der Waals surface area contributed by atoms with Gasteiger partial charge in [0.05, 0.1) is 23.4 Å². The first-order chi connectivity index (χ1) is 13.1. The van der Waals surface area contributed by atoms with Gasteiger partial charge in [0, 0.05) is 43.3 Å². The van der Waals surface area contributed by atoms with E-state index >= 15 is 0 Å². The summed E-state index contributed by atoms with van der Waals surface area (Å²) in [6.07, 6.45) is 3.16. The maximum absolute atomic E-state index is 12.5. The summed E-state index contributed by atoms with van der Waals surface area (Å²) in [5, 5.41) is 7.11. The summed E-state index contributed by atoms with van der Waals surface area (Å²) >= 11 is 6.41. The second-order valence-corrected chi connectivity index (χ2v) is 6.31. The van der Waals surface area contributed by atoms with E-state index in [0.29, 0.717) is 48.4 Å². The molecule has 2 heterocycles. The van der Waals surface area contributed by atoms with Crippen LogP contribution in [-0.4, -0.2) is 36.2 Å². The van der Waals surface area contributed by atoms with Crippen LogP contribution in [0.5, 0.6) is 5.75 Å². The molecule has 1 aromatic carbocycles. The summed E-state index contributed by atoms with van der Waals surface area (Å²) in [5.41, 5.74) is 4.99. The lowest BCUT2D eigenvalue weighted by atomic mass is 10.0. The number of halogens is 1. The van der Waals surface area contributed by atoms with Crippen LogP contribution >= 0.6 is 11.6 Å². The Morgan fingerprint density at radius 1 is 1.30 bits per heavy atom. The van der Waals surface area contributed by atoms with Gasteiger partial charge < -0.3 is 10.1 Å². The number of nitrogens with zero attached hydrogens (tertiary/aromatic N) is 2. The number of benzene rings is 1. The Balaban J connectivity index is 1.74. The van der Waals surface area contributed by atoms with Gasteiger partial charge in [0.15, 0.2) is 0 Å². The van der Waals surface area contributed by atoms with Crippen molar-refractivity contribution < 1.29 is 14.3 Å². The van der Waals surface area contributed by atoms with Crippen LogP contribution in [0.2, 0.25) is 5.02 Å². The molecule has 8 heteroatoms. The molecule has 0 aliphatic carbocycles. The minimum atomic E-state index is -0.292. The third kappa shape index (κ3) is 4.43. The smallest absolute Gasteiger partial charge is 0.252 e. The van der Waals surface area contributed by atoms with Gasteiger partial charge in [-0.05, 0) is 24.3 Å². The summed E-state index contributed by atoms with van der Waals surface area (Å²) in [4.78, 5) is 28.0. The number of hydrogen-bond donors (Lipinski definition) is 2. The van der Waals surface area contributed by atoms with Crippen molar-refractivity contribution in [2.75, 3.05) is 13.7 Å². The highest BCUT2D eigenvalue weighted by molar-refractivity contribution is 6.36. The number of rotatable bonds is 6. The van der Waals surface area contributed by atoms with E-state index in [0.717, 1.165) is 5.69 Å². The maximum Gasteiger partial charge on any atom is 0.252 e. The van der Waals surface area contributed by atoms with E-state index in [-0.39, 0.29) is 16.8 Å². The number of carbonyl (C=O) groups excluding carboxylic acids is 2. The molecular formula is C19H19ClN4O3. The number of methoxy groups -OCH3 is 1. The SMILES string of the molecule is COc1c(C2=NNC(=O)CC2)ccc(C(=O)NCCc2ccccn2)c1Cl. The molecular weight excluding hydrogens is 368 g/mol. The molecule has 0 fully saturated rings. The van der Waals surface area contributed by atoms with Gasteiger partial charge in [-0.1, -0.05) is 17.7 Å². The fraction of sp³-hybridized carbons (Fsp3) is 0.263. The quantitative estimate of drug-likeness (QED) is 0.796. The zero-order chi connectivity index (χ0) is 19.2. The van der Waals surface area contributed by atoms with Gasteiger partial charge in [-0.15, -0.1) is 0 Å². The molecule has 1 aromatic heterocycles. The van der Waals surface area contributed by atoms with Gasteiger partial charge in [-0.25, -0.2) is 5.43 Å². The van der Waals surface area contributed by atoms with E-state index in [1.807, 2.05) is 18.2 Å². The Morgan fingerprint density at radius 3 is 2.81 bits per heavy atom. The number of aromatic nitrogens is 1. The van der Waals surface area contributed by atoms with Gasteiger partial charge in [0.1, 0.15) is 5.75 Å². The molecule has 140 valence electrons. The number of ether oxygens (including phenoxy) is 1. The molecule has 1 aliphatic rings. The van der Waals surface area contributed by atoms with Crippen LogP contribution < -0.4 is 15.5 Å². The molecule has 2 amide bonds. The summed E-state index contributed by atoms with van der Waals surface area (Å²) in [6, 6.07) is 9.02. The largest absolute Gasteiger partial charge is 0.494 e. The second-order valence-electron chi connectivity index (χ2n) is 5.93. The van der Waals surface area contributed by atoms with Crippen LogP contribution in [0, 0.1) is 0 Å². The van der Waals surface area contributed by atoms with Crippen LogP contribution in [0.4, 0.5) is 0 Å². The molecule has 27 heavy (non-hydrogen) atoms. The number of hydrogen-bond acceptors (Lipinski definition) is 5. The molecule has 2 N–H and O–H groups in total. The lowest BCUT2D eigenvalue weighted by Gasteiger charge is -2.17. The van der Waals surface area contributed by atoms with Crippen LogP contribution in [0.25, 0.3) is 0 Å². The van der Waals surface area contributed by atoms with Crippen molar-refractivity contribution in [3.8, 4) is 5.75 Å². The summed E-state index contributed by atoms with van der Waals surface area (Å²) < 4.78 is 5.41. The third-order valence-corrected chi connectivity index (χ3v) is 4.53. The molecule has 3 rings (SSSR count). The number of pyridine rings is 1. The molecule has 0 saturated carbocycles. The lowest BCUT2D eigenvalue weighted by molar-refractivity contribution is -0.121. The predicted octanol–water partition coefficient (Wildman–Crippen LogP) is 2.33. The molecule has 0 saturated heterocycles. The predicted molar refractivity (Wildman–Crippen MR) is 102 cm³/mol. The second kappa shape index (κ2) is 8.64. The van der Waals surface area contributed by atoms with E-state index in [2.05, 4.69) is 20.8 Å². The Labute approximate surface area is 161 Å². The van der Waals surface area contributed by atoms with E-state index in [1.165, 1.54) is 7.11 Å². The minimum Gasteiger partial charge on any atom is -0.494 e. The average molecular weight is 387 g/mol. The van der Waals surface area contributed by atoms with Crippen molar-refractivity contribution in [1.82, 2.24) is 15.7 Å². The first kappa shape index (κ1) is 18.8. The normalized spacial score (nSPS) is 13.6. The summed E-state index contributed by atoms with van der Waals surface area (Å²) in [6.45, 7) is 0.439. The zero-order valence-electron chi connectivity index (χ0n) is 14.8. The summed E-state index contributed by atoms with van der Waals surface area (Å²) in [7, 11) is 1.48. The lowest BCUT2D eigenvalue weighted by Crippen LogP contribution is -2.27.